The van der Waals surface area contributed by atoms with Gasteiger partial charge in [0, 0.05) is 12.8 Å². The fraction of sp³-hybridized carbons (Fsp3) is 0.429. The summed E-state index contributed by atoms with van der Waals surface area (Å²) in [5.74, 6) is 0.602. The van der Waals surface area contributed by atoms with E-state index < -0.39 is 0 Å². The van der Waals surface area contributed by atoms with Gasteiger partial charge in [-0.2, -0.15) is 5.26 Å². The van der Waals surface area contributed by atoms with Crippen molar-refractivity contribution in [3.8, 4) is 6.07 Å². The van der Waals surface area contributed by atoms with E-state index in [0.717, 1.165) is 12.8 Å². The predicted octanol–water partition coefficient (Wildman–Crippen LogP) is 2.27. The monoisotopic (exact) mass is 211 g/mol. The average Bonchev–Trinajstić information content (AvgIpc) is 2.68. The van der Waals surface area contributed by atoms with Crippen LogP contribution in [0.25, 0.3) is 0 Å². The van der Waals surface area contributed by atoms with Crippen LogP contribution >= 0.6 is 0 Å². The van der Waals surface area contributed by atoms with Gasteiger partial charge in [0.25, 0.3) is 0 Å². The van der Waals surface area contributed by atoms with Crippen molar-refractivity contribution in [1.29, 1.82) is 5.26 Å². The molecule has 2 aliphatic rings. The van der Waals surface area contributed by atoms with E-state index >= 15 is 0 Å². The number of ketones is 1. The molecule has 2 heteroatoms. The van der Waals surface area contributed by atoms with Gasteiger partial charge in [-0.3, -0.25) is 4.79 Å². The molecule has 1 aromatic carbocycles. The van der Waals surface area contributed by atoms with Crippen LogP contribution in [0.2, 0.25) is 0 Å². The van der Waals surface area contributed by atoms with Crippen LogP contribution in [-0.4, -0.2) is 5.78 Å². The van der Waals surface area contributed by atoms with Gasteiger partial charge < -0.3 is 0 Å². The molecule has 0 spiro atoms. The molecule has 0 amide bonds. The second-order valence-corrected chi connectivity index (χ2v) is 5.03. The Morgan fingerprint density at radius 1 is 1.19 bits per heavy atom. The summed E-state index contributed by atoms with van der Waals surface area (Å²) in [4.78, 5) is 11.2. The third kappa shape index (κ3) is 1.21. The number of hydrogen-bond donors (Lipinski definition) is 0. The summed E-state index contributed by atoms with van der Waals surface area (Å²) in [6.45, 7) is 0. The molecule has 0 aromatic heterocycles. The third-order valence-corrected chi connectivity index (χ3v) is 4.08. The molecule has 1 aromatic rings. The van der Waals surface area contributed by atoms with E-state index in [1.54, 1.807) is 0 Å². The lowest BCUT2D eigenvalue weighted by Crippen LogP contribution is -2.43. The Hall–Kier alpha value is -1.62. The highest BCUT2D eigenvalue weighted by molar-refractivity contribution is 5.87. The van der Waals surface area contributed by atoms with Crippen molar-refractivity contribution in [2.24, 2.45) is 11.3 Å². The minimum atomic E-state index is -0.351. The molecule has 1 saturated carbocycles. The van der Waals surface area contributed by atoms with E-state index in [2.05, 4.69) is 18.2 Å². The van der Waals surface area contributed by atoms with Gasteiger partial charge >= 0.3 is 0 Å². The first kappa shape index (κ1) is 9.59. The summed E-state index contributed by atoms with van der Waals surface area (Å²) in [6, 6.07) is 10.8. The van der Waals surface area contributed by atoms with Gasteiger partial charge in [-0.05, 0) is 29.9 Å². The molecule has 16 heavy (non-hydrogen) atoms. The summed E-state index contributed by atoms with van der Waals surface area (Å²) in [7, 11) is 0. The number of nitrogens with zero attached hydrogens (tertiary/aromatic N) is 1. The molecule has 0 bridgehead atoms. The first-order chi connectivity index (χ1) is 7.73. The highest BCUT2D eigenvalue weighted by Gasteiger charge is 2.51. The molecule has 0 heterocycles. The molecule has 0 atom stereocenters. The fourth-order valence-corrected chi connectivity index (χ4v) is 3.06. The van der Waals surface area contributed by atoms with Gasteiger partial charge in [0.1, 0.15) is 5.78 Å². The lowest BCUT2D eigenvalue weighted by Gasteiger charge is -2.39. The minimum Gasteiger partial charge on any atom is -0.300 e. The van der Waals surface area contributed by atoms with Gasteiger partial charge in [-0.1, -0.05) is 24.3 Å². The number of hydrogen-bond acceptors (Lipinski definition) is 2. The molecule has 0 unspecified atom stereocenters. The summed E-state index contributed by atoms with van der Waals surface area (Å²) in [5.41, 5.74) is 2.37. The van der Waals surface area contributed by atoms with Crippen LogP contribution in [0.5, 0.6) is 0 Å². The molecule has 0 aliphatic heterocycles. The molecule has 1 fully saturated rings. The van der Waals surface area contributed by atoms with Crippen LogP contribution in [0.3, 0.4) is 0 Å². The second-order valence-electron chi connectivity index (χ2n) is 5.03. The summed E-state index contributed by atoms with van der Waals surface area (Å²) in [6.07, 6.45) is 2.89. The SMILES string of the molecule is N#CC1(C2Cc3ccccc3C2)CC(=O)C1. The molecular weight excluding hydrogens is 198 g/mol. The Balaban J connectivity index is 1.86. The average molecular weight is 211 g/mol. The number of fused-ring (bicyclic) bond motifs is 1. The topological polar surface area (TPSA) is 40.9 Å². The number of Topliss-reactive ketones (excluding diaryl/α,β-unsaturated/α-hetero) is 1. The van der Waals surface area contributed by atoms with E-state index in [1.807, 2.05) is 12.1 Å². The summed E-state index contributed by atoms with van der Waals surface area (Å²) >= 11 is 0. The maximum atomic E-state index is 11.2. The van der Waals surface area contributed by atoms with Crippen molar-refractivity contribution in [2.75, 3.05) is 0 Å². The van der Waals surface area contributed by atoms with Crippen LogP contribution in [0.15, 0.2) is 24.3 Å². The van der Waals surface area contributed by atoms with Gasteiger partial charge in [0.05, 0.1) is 11.5 Å². The summed E-state index contributed by atoms with van der Waals surface area (Å²) in [5, 5.41) is 9.29. The van der Waals surface area contributed by atoms with Crippen molar-refractivity contribution >= 4 is 5.78 Å². The lowest BCUT2D eigenvalue weighted by molar-refractivity contribution is -0.132. The number of carbonyl (C=O) groups is 1. The smallest absolute Gasteiger partial charge is 0.136 e. The first-order valence-electron chi connectivity index (χ1n) is 5.73. The zero-order valence-corrected chi connectivity index (χ0v) is 9.07. The van der Waals surface area contributed by atoms with Crippen LogP contribution in [0, 0.1) is 22.7 Å². The molecular formula is C14H13NO. The van der Waals surface area contributed by atoms with Crippen LogP contribution in [0.1, 0.15) is 24.0 Å². The van der Waals surface area contributed by atoms with E-state index in [0.29, 0.717) is 18.8 Å². The number of nitriles is 1. The standard InChI is InChI=1S/C14H13NO/c15-9-14(7-13(16)8-14)12-5-10-3-1-2-4-11(10)6-12/h1-4,12H,5-8H2. The largest absolute Gasteiger partial charge is 0.300 e. The van der Waals surface area contributed by atoms with Crippen molar-refractivity contribution in [1.82, 2.24) is 0 Å². The van der Waals surface area contributed by atoms with E-state index in [-0.39, 0.29) is 11.2 Å². The molecule has 0 radical (unpaired) electrons. The fourth-order valence-electron chi connectivity index (χ4n) is 3.06. The maximum absolute atomic E-state index is 11.2. The minimum absolute atomic E-state index is 0.248. The van der Waals surface area contributed by atoms with Gasteiger partial charge in [-0.25, -0.2) is 0 Å². The Morgan fingerprint density at radius 2 is 1.75 bits per heavy atom. The molecule has 2 aliphatic carbocycles. The zero-order valence-electron chi connectivity index (χ0n) is 9.07. The Kier molecular flexibility index (Phi) is 1.91. The Bertz CT molecular complexity index is 465. The zero-order chi connectivity index (χ0) is 11.2. The highest BCUT2D eigenvalue weighted by atomic mass is 16.1. The van der Waals surface area contributed by atoms with Crippen molar-refractivity contribution < 1.29 is 4.79 Å². The predicted molar refractivity (Wildman–Crippen MR) is 59.6 cm³/mol. The molecule has 80 valence electrons. The quantitative estimate of drug-likeness (QED) is 0.715. The molecule has 0 saturated heterocycles. The van der Waals surface area contributed by atoms with E-state index in [9.17, 15) is 10.1 Å². The van der Waals surface area contributed by atoms with Crippen LogP contribution in [-0.2, 0) is 17.6 Å². The lowest BCUT2D eigenvalue weighted by atomic mass is 9.60. The number of carbonyl (C=O) groups excluding carboxylic acids is 1. The molecule has 2 nitrogen and oxygen atoms in total. The highest BCUT2D eigenvalue weighted by Crippen LogP contribution is 2.49. The van der Waals surface area contributed by atoms with Crippen LogP contribution < -0.4 is 0 Å². The van der Waals surface area contributed by atoms with Crippen molar-refractivity contribution in [3.05, 3.63) is 35.4 Å². The normalized spacial score (nSPS) is 22.3. The third-order valence-electron chi connectivity index (χ3n) is 4.08. The van der Waals surface area contributed by atoms with Crippen molar-refractivity contribution in [3.63, 3.8) is 0 Å². The van der Waals surface area contributed by atoms with Gasteiger partial charge in [0.15, 0.2) is 0 Å². The van der Waals surface area contributed by atoms with Gasteiger partial charge in [0.2, 0.25) is 0 Å². The molecule has 3 rings (SSSR count). The van der Waals surface area contributed by atoms with Gasteiger partial charge in [-0.15, -0.1) is 0 Å². The summed E-state index contributed by atoms with van der Waals surface area (Å²) < 4.78 is 0. The van der Waals surface area contributed by atoms with Crippen molar-refractivity contribution in [2.45, 2.75) is 25.7 Å². The molecule has 0 N–H and O–H groups in total. The number of rotatable bonds is 1. The van der Waals surface area contributed by atoms with E-state index in [4.69, 9.17) is 0 Å². The first-order valence-corrected chi connectivity index (χ1v) is 5.73. The Labute approximate surface area is 94.9 Å². The van der Waals surface area contributed by atoms with E-state index in [1.165, 1.54) is 11.1 Å². The maximum Gasteiger partial charge on any atom is 0.136 e. The second kappa shape index (κ2) is 3.18. The van der Waals surface area contributed by atoms with Crippen LogP contribution in [0.4, 0.5) is 0 Å². The number of benzene rings is 1. The Morgan fingerprint density at radius 3 is 2.19 bits per heavy atom.